The van der Waals surface area contributed by atoms with Crippen molar-refractivity contribution in [2.45, 2.75) is 38.1 Å². The lowest BCUT2D eigenvalue weighted by atomic mass is 10.2. The summed E-state index contributed by atoms with van der Waals surface area (Å²) in [6, 6.07) is 5.82. The van der Waals surface area contributed by atoms with Gasteiger partial charge in [0.25, 0.3) is 0 Å². The molecule has 20 heavy (non-hydrogen) atoms. The van der Waals surface area contributed by atoms with Crippen molar-refractivity contribution in [3.8, 4) is 0 Å². The maximum absolute atomic E-state index is 6.26. The number of nitrogens with zero attached hydrogens (tertiary/aromatic N) is 2. The third kappa shape index (κ3) is 3.84. The molecule has 0 spiro atoms. The molecule has 0 radical (unpaired) electrons. The van der Waals surface area contributed by atoms with Crippen LogP contribution in [0.15, 0.2) is 18.2 Å². The highest BCUT2D eigenvalue weighted by Gasteiger charge is 2.14. The molecule has 1 aromatic carbocycles. The Morgan fingerprint density at radius 3 is 2.80 bits per heavy atom. The van der Waals surface area contributed by atoms with Crippen molar-refractivity contribution in [1.82, 2.24) is 9.55 Å². The molecule has 1 aromatic heterocycles. The van der Waals surface area contributed by atoms with E-state index in [1.165, 1.54) is 18.6 Å². The average molecular weight is 331 g/mol. The van der Waals surface area contributed by atoms with E-state index in [1.807, 2.05) is 36.9 Å². The number of rotatable bonds is 7. The van der Waals surface area contributed by atoms with Crippen molar-refractivity contribution in [3.05, 3.63) is 29.0 Å². The molecule has 0 amide bonds. The van der Waals surface area contributed by atoms with Crippen LogP contribution in [0.1, 0.15) is 37.4 Å². The van der Waals surface area contributed by atoms with E-state index >= 15 is 0 Å². The van der Waals surface area contributed by atoms with Crippen molar-refractivity contribution >= 4 is 46.0 Å². The highest BCUT2D eigenvalue weighted by atomic mass is 35.5. The van der Waals surface area contributed by atoms with Gasteiger partial charge in [0.2, 0.25) is 0 Å². The molecule has 1 unspecified atom stereocenters. The summed E-state index contributed by atoms with van der Waals surface area (Å²) in [7, 11) is 0. The van der Waals surface area contributed by atoms with Crippen molar-refractivity contribution in [2.75, 3.05) is 12.0 Å². The molecule has 0 aliphatic carbocycles. The number of fused-ring (bicyclic) bond motifs is 1. The maximum atomic E-state index is 6.26. The Kier molecular flexibility index (Phi) is 6.06. The predicted octanol–water partition coefficient (Wildman–Crippen LogP) is 5.52. The second-order valence-corrected chi connectivity index (χ2v) is 7.00. The molecule has 0 aliphatic heterocycles. The van der Waals surface area contributed by atoms with E-state index in [-0.39, 0.29) is 5.38 Å². The molecule has 1 heterocycles. The molecular weight excluding hydrogens is 311 g/mol. The highest BCUT2D eigenvalue weighted by molar-refractivity contribution is 7.98. The third-order valence-electron chi connectivity index (χ3n) is 3.33. The fourth-order valence-electron chi connectivity index (χ4n) is 2.35. The summed E-state index contributed by atoms with van der Waals surface area (Å²) >= 11 is 14.3. The molecule has 0 aliphatic rings. The zero-order valence-electron chi connectivity index (χ0n) is 11.9. The summed E-state index contributed by atoms with van der Waals surface area (Å²) in [6.07, 6.45) is 5.80. The van der Waals surface area contributed by atoms with E-state index < -0.39 is 0 Å². The third-order valence-corrected chi connectivity index (χ3v) is 4.45. The number of aromatic nitrogens is 2. The quantitative estimate of drug-likeness (QED) is 0.491. The van der Waals surface area contributed by atoms with Gasteiger partial charge in [-0.05, 0) is 50.0 Å². The van der Waals surface area contributed by atoms with Crippen LogP contribution in [-0.4, -0.2) is 21.6 Å². The second kappa shape index (κ2) is 7.58. The van der Waals surface area contributed by atoms with Gasteiger partial charge in [-0.2, -0.15) is 11.8 Å². The standard InChI is InChI=1S/C15H20Cl2N2S/c1-11(16)15-18-13-7-6-12(17)10-14(13)19(15)8-4-3-5-9-20-2/h6-7,10-11H,3-5,8-9H2,1-2H3. The SMILES string of the molecule is CSCCCCCn1c(C(C)Cl)nc2ccc(Cl)cc21. The predicted molar refractivity (Wildman–Crippen MR) is 91.2 cm³/mol. The second-order valence-electron chi connectivity index (χ2n) is 4.92. The van der Waals surface area contributed by atoms with Gasteiger partial charge in [0.15, 0.2) is 0 Å². The first-order valence-electron chi connectivity index (χ1n) is 6.92. The molecule has 0 saturated carbocycles. The number of hydrogen-bond donors (Lipinski definition) is 0. The number of benzene rings is 1. The molecule has 5 heteroatoms. The minimum Gasteiger partial charge on any atom is -0.327 e. The average Bonchev–Trinajstić information content (AvgIpc) is 2.77. The molecule has 2 nitrogen and oxygen atoms in total. The fraction of sp³-hybridized carbons (Fsp3) is 0.533. The Balaban J connectivity index is 2.19. The topological polar surface area (TPSA) is 17.8 Å². The van der Waals surface area contributed by atoms with E-state index in [0.717, 1.165) is 34.8 Å². The molecular formula is C15H20Cl2N2S. The number of hydrogen-bond acceptors (Lipinski definition) is 2. The van der Waals surface area contributed by atoms with Crippen molar-refractivity contribution < 1.29 is 0 Å². The van der Waals surface area contributed by atoms with E-state index in [2.05, 4.69) is 15.8 Å². The Morgan fingerprint density at radius 1 is 1.30 bits per heavy atom. The summed E-state index contributed by atoms with van der Waals surface area (Å²) in [5.41, 5.74) is 2.06. The Morgan fingerprint density at radius 2 is 2.10 bits per heavy atom. The number of alkyl halides is 1. The van der Waals surface area contributed by atoms with Gasteiger partial charge in [-0.15, -0.1) is 11.6 Å². The van der Waals surface area contributed by atoms with Crippen LogP contribution in [0.3, 0.4) is 0 Å². The fourth-order valence-corrected chi connectivity index (χ4v) is 3.17. The van der Waals surface area contributed by atoms with Gasteiger partial charge in [-0.25, -0.2) is 4.98 Å². The van der Waals surface area contributed by atoms with Crippen molar-refractivity contribution in [1.29, 1.82) is 0 Å². The molecule has 1 atom stereocenters. The van der Waals surface area contributed by atoms with Gasteiger partial charge in [0.05, 0.1) is 16.4 Å². The van der Waals surface area contributed by atoms with Gasteiger partial charge in [-0.3, -0.25) is 0 Å². The normalized spacial score (nSPS) is 13.0. The molecule has 2 aromatic rings. The number of imidazole rings is 1. The zero-order chi connectivity index (χ0) is 14.5. The first-order chi connectivity index (χ1) is 9.63. The van der Waals surface area contributed by atoms with Gasteiger partial charge in [0.1, 0.15) is 5.82 Å². The van der Waals surface area contributed by atoms with Crippen LogP contribution in [0.5, 0.6) is 0 Å². The molecule has 110 valence electrons. The van der Waals surface area contributed by atoms with Crippen LogP contribution in [-0.2, 0) is 6.54 Å². The Bertz CT molecular complexity index is 566. The van der Waals surface area contributed by atoms with Crippen molar-refractivity contribution in [3.63, 3.8) is 0 Å². The van der Waals surface area contributed by atoms with Gasteiger partial charge in [-0.1, -0.05) is 18.0 Å². The van der Waals surface area contributed by atoms with E-state index in [1.54, 1.807) is 0 Å². The lowest BCUT2D eigenvalue weighted by Crippen LogP contribution is -2.04. The highest BCUT2D eigenvalue weighted by Crippen LogP contribution is 2.27. The van der Waals surface area contributed by atoms with Crippen LogP contribution in [0.25, 0.3) is 11.0 Å². The number of thioether (sulfide) groups is 1. The van der Waals surface area contributed by atoms with Crippen LogP contribution in [0.2, 0.25) is 5.02 Å². The van der Waals surface area contributed by atoms with Gasteiger partial charge >= 0.3 is 0 Å². The minimum absolute atomic E-state index is 0.0904. The lowest BCUT2D eigenvalue weighted by molar-refractivity contribution is 0.593. The molecule has 2 rings (SSSR count). The Labute approximate surface area is 134 Å². The van der Waals surface area contributed by atoms with Crippen LogP contribution < -0.4 is 0 Å². The van der Waals surface area contributed by atoms with E-state index in [0.29, 0.717) is 0 Å². The minimum atomic E-state index is -0.0904. The smallest absolute Gasteiger partial charge is 0.127 e. The van der Waals surface area contributed by atoms with E-state index in [4.69, 9.17) is 23.2 Å². The Hall–Kier alpha value is -0.380. The maximum Gasteiger partial charge on any atom is 0.127 e. The lowest BCUT2D eigenvalue weighted by Gasteiger charge is -2.10. The van der Waals surface area contributed by atoms with Crippen LogP contribution in [0, 0.1) is 0 Å². The van der Waals surface area contributed by atoms with Crippen LogP contribution >= 0.6 is 35.0 Å². The van der Waals surface area contributed by atoms with Gasteiger partial charge < -0.3 is 4.57 Å². The molecule has 0 bridgehead atoms. The van der Waals surface area contributed by atoms with E-state index in [9.17, 15) is 0 Å². The summed E-state index contributed by atoms with van der Waals surface area (Å²) in [5.74, 6) is 2.17. The summed E-state index contributed by atoms with van der Waals surface area (Å²) in [6.45, 7) is 2.92. The molecule has 0 fully saturated rings. The number of aryl methyl sites for hydroxylation is 1. The largest absolute Gasteiger partial charge is 0.327 e. The number of halogens is 2. The van der Waals surface area contributed by atoms with Crippen molar-refractivity contribution in [2.24, 2.45) is 0 Å². The zero-order valence-corrected chi connectivity index (χ0v) is 14.2. The monoisotopic (exact) mass is 330 g/mol. The van der Waals surface area contributed by atoms with Gasteiger partial charge in [0, 0.05) is 11.6 Å². The first-order valence-corrected chi connectivity index (χ1v) is 9.13. The molecule has 0 N–H and O–H groups in total. The summed E-state index contributed by atoms with van der Waals surface area (Å²) in [5, 5.41) is 0.655. The summed E-state index contributed by atoms with van der Waals surface area (Å²) in [4.78, 5) is 4.64. The van der Waals surface area contributed by atoms with Crippen LogP contribution in [0.4, 0.5) is 0 Å². The number of unbranched alkanes of at least 4 members (excludes halogenated alkanes) is 2. The first kappa shape index (κ1) is 16.0. The molecule has 0 saturated heterocycles. The summed E-state index contributed by atoms with van der Waals surface area (Å²) < 4.78 is 2.22.